The summed E-state index contributed by atoms with van der Waals surface area (Å²) in [7, 11) is 0. The summed E-state index contributed by atoms with van der Waals surface area (Å²) >= 11 is 5.53. The number of pyridine rings is 1. The third kappa shape index (κ3) is 3.26. The molecule has 17 heavy (non-hydrogen) atoms. The van der Waals surface area contributed by atoms with Crippen LogP contribution in [0.1, 0.15) is 24.6 Å². The molecule has 1 aromatic heterocycles. The molecule has 0 unspecified atom stereocenters. The van der Waals surface area contributed by atoms with Crippen molar-refractivity contribution in [2.45, 2.75) is 19.8 Å². The fourth-order valence-corrected chi connectivity index (χ4v) is 1.48. The Kier molecular flexibility index (Phi) is 4.62. The number of rotatable bonds is 4. The first-order valence-corrected chi connectivity index (χ1v) is 5.15. The van der Waals surface area contributed by atoms with Gasteiger partial charge in [-0.1, -0.05) is 11.6 Å². The van der Waals surface area contributed by atoms with E-state index in [0.29, 0.717) is 0 Å². The number of alkyl halides is 2. The highest BCUT2D eigenvalue weighted by atomic mass is 35.5. The highest BCUT2D eigenvalue weighted by Crippen LogP contribution is 2.35. The molecule has 7 heteroatoms. The van der Waals surface area contributed by atoms with Gasteiger partial charge < -0.3 is 9.84 Å². The molecule has 0 atom stereocenters. The number of carbonyl (C=O) groups excluding carboxylic acids is 1. The van der Waals surface area contributed by atoms with Crippen molar-refractivity contribution in [3.8, 4) is 5.75 Å². The Morgan fingerprint density at radius 2 is 2.29 bits per heavy atom. The molecule has 1 rings (SSSR count). The Balaban J connectivity index is 3.07. The molecule has 0 bridgehead atoms. The monoisotopic (exact) mass is 265 g/mol. The Morgan fingerprint density at radius 1 is 1.65 bits per heavy atom. The number of aromatic nitrogens is 1. The molecule has 1 aromatic rings. The minimum Gasteiger partial charge on any atom is -0.505 e. The van der Waals surface area contributed by atoms with Crippen molar-refractivity contribution in [2.75, 3.05) is 6.61 Å². The van der Waals surface area contributed by atoms with Gasteiger partial charge in [0.05, 0.1) is 35.5 Å². The molecule has 0 aromatic carbocycles. The van der Waals surface area contributed by atoms with Crippen LogP contribution in [0.25, 0.3) is 0 Å². The van der Waals surface area contributed by atoms with Crippen LogP contribution >= 0.6 is 11.6 Å². The largest absolute Gasteiger partial charge is 0.505 e. The molecule has 4 nitrogen and oxygen atoms in total. The second kappa shape index (κ2) is 5.77. The van der Waals surface area contributed by atoms with Gasteiger partial charge in [-0.3, -0.25) is 9.78 Å². The van der Waals surface area contributed by atoms with E-state index in [4.69, 9.17) is 16.7 Å². The average Bonchev–Trinajstić information content (AvgIpc) is 2.23. The minimum atomic E-state index is -2.92. The molecule has 0 radical (unpaired) electrons. The van der Waals surface area contributed by atoms with Gasteiger partial charge in [0.25, 0.3) is 6.43 Å². The summed E-state index contributed by atoms with van der Waals surface area (Å²) in [5.41, 5.74) is -0.832. The lowest BCUT2D eigenvalue weighted by Crippen LogP contribution is -2.11. The number of hydrogen-bond acceptors (Lipinski definition) is 4. The van der Waals surface area contributed by atoms with Crippen molar-refractivity contribution in [3.05, 3.63) is 22.5 Å². The molecule has 0 fully saturated rings. The third-order valence-electron chi connectivity index (χ3n) is 1.95. The van der Waals surface area contributed by atoms with Gasteiger partial charge in [-0.2, -0.15) is 0 Å². The van der Waals surface area contributed by atoms with Crippen LogP contribution in [0.5, 0.6) is 5.75 Å². The van der Waals surface area contributed by atoms with Gasteiger partial charge >= 0.3 is 5.97 Å². The number of halogens is 3. The Hall–Kier alpha value is -1.43. The lowest BCUT2D eigenvalue weighted by Gasteiger charge is -2.10. The predicted octanol–water partition coefficient (Wildman–Crippen LogP) is 2.48. The van der Waals surface area contributed by atoms with Crippen LogP contribution in [-0.2, 0) is 16.0 Å². The summed E-state index contributed by atoms with van der Waals surface area (Å²) in [4.78, 5) is 14.7. The molecule has 0 aliphatic heterocycles. The maximum atomic E-state index is 12.7. The zero-order valence-electron chi connectivity index (χ0n) is 8.91. The standard InChI is InChI=1S/C10H10ClF2NO3/c1-2-17-7(16)3-5-8(10(12)13)9(11)6(15)4-14-5/h4,10,15H,2-3H2,1H3. The number of ether oxygens (including phenoxy) is 1. The van der Waals surface area contributed by atoms with E-state index in [1.807, 2.05) is 0 Å². The van der Waals surface area contributed by atoms with Crippen molar-refractivity contribution in [1.82, 2.24) is 4.98 Å². The van der Waals surface area contributed by atoms with Crippen molar-refractivity contribution in [2.24, 2.45) is 0 Å². The van der Waals surface area contributed by atoms with E-state index in [1.54, 1.807) is 6.92 Å². The van der Waals surface area contributed by atoms with Gasteiger partial charge in [-0.05, 0) is 6.92 Å². The van der Waals surface area contributed by atoms with E-state index in [-0.39, 0.29) is 12.3 Å². The van der Waals surface area contributed by atoms with Gasteiger partial charge in [0.2, 0.25) is 0 Å². The van der Waals surface area contributed by atoms with Crippen LogP contribution in [0.15, 0.2) is 6.20 Å². The molecule has 0 saturated heterocycles. The molecule has 0 saturated carbocycles. The molecule has 0 aliphatic rings. The second-order valence-corrected chi connectivity index (χ2v) is 3.48. The number of nitrogens with zero attached hydrogens (tertiary/aromatic N) is 1. The number of hydrogen-bond donors (Lipinski definition) is 1. The normalized spacial score (nSPS) is 10.6. The molecule has 1 heterocycles. The molecule has 94 valence electrons. The predicted molar refractivity (Wildman–Crippen MR) is 56.2 cm³/mol. The van der Waals surface area contributed by atoms with Gasteiger partial charge in [0, 0.05) is 0 Å². The van der Waals surface area contributed by atoms with Crippen LogP contribution < -0.4 is 0 Å². The first kappa shape index (κ1) is 13.6. The summed E-state index contributed by atoms with van der Waals surface area (Å²) in [6, 6.07) is 0. The van der Waals surface area contributed by atoms with E-state index in [2.05, 4.69) is 9.72 Å². The number of carbonyl (C=O) groups is 1. The lowest BCUT2D eigenvalue weighted by molar-refractivity contribution is -0.142. The summed E-state index contributed by atoms with van der Waals surface area (Å²) in [6.07, 6.45) is -2.41. The van der Waals surface area contributed by atoms with E-state index in [9.17, 15) is 13.6 Å². The summed E-state index contributed by atoms with van der Waals surface area (Å²) in [5, 5.41) is 8.68. The summed E-state index contributed by atoms with van der Waals surface area (Å²) < 4.78 is 30.1. The molecule has 1 N–H and O–H groups in total. The van der Waals surface area contributed by atoms with E-state index in [0.717, 1.165) is 6.20 Å². The van der Waals surface area contributed by atoms with Gasteiger partial charge in [0.15, 0.2) is 5.75 Å². The zero-order chi connectivity index (χ0) is 13.0. The van der Waals surface area contributed by atoms with Crippen molar-refractivity contribution < 1.29 is 23.4 Å². The third-order valence-corrected chi connectivity index (χ3v) is 2.35. The van der Waals surface area contributed by atoms with Crippen LogP contribution in [0.2, 0.25) is 5.02 Å². The second-order valence-electron chi connectivity index (χ2n) is 3.10. The lowest BCUT2D eigenvalue weighted by atomic mass is 10.1. The number of aromatic hydroxyl groups is 1. The van der Waals surface area contributed by atoms with E-state index in [1.165, 1.54) is 0 Å². The first-order valence-electron chi connectivity index (χ1n) is 4.77. The SMILES string of the molecule is CCOC(=O)Cc1ncc(O)c(Cl)c1C(F)F. The Labute approximate surface area is 101 Å². The van der Waals surface area contributed by atoms with Crippen LogP contribution in [0, 0.1) is 0 Å². The molecular weight excluding hydrogens is 256 g/mol. The van der Waals surface area contributed by atoms with Gasteiger partial charge in [-0.15, -0.1) is 0 Å². The maximum absolute atomic E-state index is 12.7. The van der Waals surface area contributed by atoms with Gasteiger partial charge in [-0.25, -0.2) is 8.78 Å². The summed E-state index contributed by atoms with van der Waals surface area (Å²) in [6.45, 7) is 1.75. The Bertz CT molecular complexity index is 426. The molecule has 0 spiro atoms. The molecule has 0 aliphatic carbocycles. The maximum Gasteiger partial charge on any atom is 0.311 e. The van der Waals surface area contributed by atoms with E-state index < -0.39 is 35.2 Å². The minimum absolute atomic E-state index is 0.147. The fourth-order valence-electron chi connectivity index (χ4n) is 1.24. The first-order chi connectivity index (χ1) is 7.97. The fraction of sp³-hybridized carbons (Fsp3) is 0.400. The van der Waals surface area contributed by atoms with Crippen molar-refractivity contribution >= 4 is 17.6 Å². The van der Waals surface area contributed by atoms with Crippen molar-refractivity contribution in [1.29, 1.82) is 0 Å². The van der Waals surface area contributed by atoms with Gasteiger partial charge in [0.1, 0.15) is 0 Å². The van der Waals surface area contributed by atoms with Crippen molar-refractivity contribution in [3.63, 3.8) is 0 Å². The molecule has 0 amide bonds. The number of esters is 1. The Morgan fingerprint density at radius 3 is 2.82 bits per heavy atom. The van der Waals surface area contributed by atoms with Crippen LogP contribution in [-0.4, -0.2) is 22.7 Å². The smallest absolute Gasteiger partial charge is 0.311 e. The average molecular weight is 266 g/mol. The molecular formula is C10H10ClF2NO3. The zero-order valence-corrected chi connectivity index (χ0v) is 9.67. The van der Waals surface area contributed by atoms with E-state index >= 15 is 0 Å². The topological polar surface area (TPSA) is 59.4 Å². The highest BCUT2D eigenvalue weighted by Gasteiger charge is 2.23. The van der Waals surface area contributed by atoms with Crippen LogP contribution in [0.4, 0.5) is 8.78 Å². The van der Waals surface area contributed by atoms with Crippen LogP contribution in [0.3, 0.4) is 0 Å². The quantitative estimate of drug-likeness (QED) is 0.850. The summed E-state index contributed by atoms with van der Waals surface area (Å²) in [5.74, 6) is -1.22. The highest BCUT2D eigenvalue weighted by molar-refractivity contribution is 6.32.